The Hall–Kier alpha value is -1.55. The number of methoxy groups -OCH3 is 1. The number of rotatable bonds is 6. The first-order valence-electron chi connectivity index (χ1n) is 6.10. The molecule has 1 aromatic carbocycles. The molecule has 0 spiro atoms. The first-order valence-corrected chi connectivity index (χ1v) is 6.10. The van der Waals surface area contributed by atoms with Crippen molar-refractivity contribution in [1.29, 1.82) is 0 Å². The van der Waals surface area contributed by atoms with Crippen LogP contribution in [-0.2, 0) is 16.0 Å². The summed E-state index contributed by atoms with van der Waals surface area (Å²) in [5.41, 5.74) is 6.61. The van der Waals surface area contributed by atoms with Gasteiger partial charge in [0.05, 0.1) is 19.1 Å². The number of carbonyl (C=O) groups excluding carboxylic acids is 1. The molecule has 0 saturated heterocycles. The van der Waals surface area contributed by atoms with E-state index in [1.54, 1.807) is 0 Å². The predicted molar refractivity (Wildman–Crippen MR) is 70.5 cm³/mol. The summed E-state index contributed by atoms with van der Waals surface area (Å²) in [5.74, 6) is 0.236. The fraction of sp³-hybridized carbons (Fsp3) is 0.500. The van der Waals surface area contributed by atoms with Gasteiger partial charge in [0.1, 0.15) is 5.75 Å². The van der Waals surface area contributed by atoms with Gasteiger partial charge in [-0.2, -0.15) is 0 Å². The molecule has 1 unspecified atom stereocenters. The van der Waals surface area contributed by atoms with Gasteiger partial charge in [-0.25, -0.2) is 0 Å². The molecule has 0 aromatic heterocycles. The van der Waals surface area contributed by atoms with Crippen LogP contribution in [0.5, 0.6) is 5.75 Å². The zero-order valence-corrected chi connectivity index (χ0v) is 11.2. The van der Waals surface area contributed by atoms with E-state index in [2.05, 4.69) is 0 Å². The van der Waals surface area contributed by atoms with E-state index in [4.69, 9.17) is 15.2 Å². The standard InChI is InChI=1S/C14H21NO3/c1-10(2)18-13-6-4-5-11(8-13)7-12(9-15)14(16)17-3/h4-6,8,10,12H,7,9,15H2,1-3H3. The average Bonchev–Trinajstić information content (AvgIpc) is 2.34. The second-order valence-corrected chi connectivity index (χ2v) is 4.47. The number of nitrogens with two attached hydrogens (primary N) is 1. The van der Waals surface area contributed by atoms with Crippen LogP contribution in [-0.4, -0.2) is 25.7 Å². The summed E-state index contributed by atoms with van der Waals surface area (Å²) in [6, 6.07) is 7.71. The van der Waals surface area contributed by atoms with Gasteiger partial charge in [-0.15, -0.1) is 0 Å². The second-order valence-electron chi connectivity index (χ2n) is 4.47. The highest BCUT2D eigenvalue weighted by Crippen LogP contribution is 2.18. The first kappa shape index (κ1) is 14.5. The van der Waals surface area contributed by atoms with E-state index < -0.39 is 0 Å². The number of hydrogen-bond acceptors (Lipinski definition) is 4. The Bertz CT molecular complexity index is 390. The van der Waals surface area contributed by atoms with Gasteiger partial charge in [-0.3, -0.25) is 4.79 Å². The summed E-state index contributed by atoms with van der Waals surface area (Å²) in [6.45, 7) is 4.23. The molecule has 0 heterocycles. The average molecular weight is 251 g/mol. The van der Waals surface area contributed by atoms with Crippen LogP contribution in [0.25, 0.3) is 0 Å². The largest absolute Gasteiger partial charge is 0.491 e. The quantitative estimate of drug-likeness (QED) is 0.783. The lowest BCUT2D eigenvalue weighted by Gasteiger charge is -2.14. The Kier molecular flexibility index (Phi) is 5.65. The highest BCUT2D eigenvalue weighted by atomic mass is 16.5. The first-order chi connectivity index (χ1) is 8.56. The van der Waals surface area contributed by atoms with E-state index in [1.807, 2.05) is 38.1 Å². The van der Waals surface area contributed by atoms with E-state index in [0.29, 0.717) is 6.42 Å². The normalized spacial score (nSPS) is 12.3. The van der Waals surface area contributed by atoms with E-state index in [1.165, 1.54) is 7.11 Å². The fourth-order valence-corrected chi connectivity index (χ4v) is 1.73. The molecule has 0 aliphatic rings. The molecule has 2 N–H and O–H groups in total. The molecule has 4 heteroatoms. The van der Waals surface area contributed by atoms with Gasteiger partial charge in [0.15, 0.2) is 0 Å². The Morgan fingerprint density at radius 3 is 2.67 bits per heavy atom. The van der Waals surface area contributed by atoms with Gasteiger partial charge in [-0.05, 0) is 38.0 Å². The van der Waals surface area contributed by atoms with Gasteiger partial charge in [-0.1, -0.05) is 12.1 Å². The van der Waals surface area contributed by atoms with E-state index in [-0.39, 0.29) is 24.5 Å². The zero-order valence-electron chi connectivity index (χ0n) is 11.2. The molecule has 0 amide bonds. The SMILES string of the molecule is COC(=O)C(CN)Cc1cccc(OC(C)C)c1. The molecule has 0 bridgehead atoms. The second kappa shape index (κ2) is 7.01. The van der Waals surface area contributed by atoms with Crippen molar-refractivity contribution >= 4 is 5.97 Å². The molecule has 0 aliphatic carbocycles. The molecule has 18 heavy (non-hydrogen) atoms. The smallest absolute Gasteiger partial charge is 0.310 e. The minimum Gasteiger partial charge on any atom is -0.491 e. The molecule has 1 rings (SSSR count). The number of carbonyl (C=O) groups is 1. The maximum Gasteiger partial charge on any atom is 0.310 e. The Labute approximate surface area is 108 Å². The third kappa shape index (κ3) is 4.37. The van der Waals surface area contributed by atoms with E-state index in [0.717, 1.165) is 11.3 Å². The van der Waals surface area contributed by atoms with Crippen molar-refractivity contribution in [2.45, 2.75) is 26.4 Å². The molecule has 0 fully saturated rings. The molecule has 1 atom stereocenters. The van der Waals surface area contributed by atoms with Crippen molar-refractivity contribution in [3.05, 3.63) is 29.8 Å². The van der Waals surface area contributed by atoms with Crippen LogP contribution in [0, 0.1) is 5.92 Å². The van der Waals surface area contributed by atoms with Crippen molar-refractivity contribution < 1.29 is 14.3 Å². The van der Waals surface area contributed by atoms with Crippen LogP contribution in [0.3, 0.4) is 0 Å². The van der Waals surface area contributed by atoms with Crippen molar-refractivity contribution in [3.63, 3.8) is 0 Å². The molecular formula is C14H21NO3. The van der Waals surface area contributed by atoms with Crippen LogP contribution in [0.1, 0.15) is 19.4 Å². The van der Waals surface area contributed by atoms with Gasteiger partial charge in [0.2, 0.25) is 0 Å². The van der Waals surface area contributed by atoms with Gasteiger partial charge < -0.3 is 15.2 Å². The summed E-state index contributed by atoms with van der Waals surface area (Å²) in [4.78, 5) is 11.5. The summed E-state index contributed by atoms with van der Waals surface area (Å²) in [7, 11) is 1.38. The van der Waals surface area contributed by atoms with Crippen molar-refractivity contribution in [3.8, 4) is 5.75 Å². The molecule has 0 aliphatic heterocycles. The molecule has 0 saturated carbocycles. The van der Waals surface area contributed by atoms with Crippen LogP contribution in [0.2, 0.25) is 0 Å². The Morgan fingerprint density at radius 1 is 1.39 bits per heavy atom. The van der Waals surface area contributed by atoms with Gasteiger partial charge in [0, 0.05) is 6.54 Å². The minimum absolute atomic E-state index is 0.131. The number of ether oxygens (including phenoxy) is 2. The van der Waals surface area contributed by atoms with Gasteiger partial charge in [0.25, 0.3) is 0 Å². The topological polar surface area (TPSA) is 61.5 Å². The monoisotopic (exact) mass is 251 g/mol. The van der Waals surface area contributed by atoms with Crippen molar-refractivity contribution in [2.24, 2.45) is 11.7 Å². The fourth-order valence-electron chi connectivity index (χ4n) is 1.73. The van der Waals surface area contributed by atoms with Crippen LogP contribution in [0.4, 0.5) is 0 Å². The highest BCUT2D eigenvalue weighted by molar-refractivity contribution is 5.72. The van der Waals surface area contributed by atoms with E-state index >= 15 is 0 Å². The highest BCUT2D eigenvalue weighted by Gasteiger charge is 2.18. The molecule has 1 aromatic rings. The Balaban J connectivity index is 2.74. The van der Waals surface area contributed by atoms with Crippen molar-refractivity contribution in [1.82, 2.24) is 0 Å². The lowest BCUT2D eigenvalue weighted by Crippen LogP contribution is -2.26. The maximum atomic E-state index is 11.5. The van der Waals surface area contributed by atoms with Crippen LogP contribution in [0.15, 0.2) is 24.3 Å². The maximum absolute atomic E-state index is 11.5. The summed E-state index contributed by atoms with van der Waals surface area (Å²) in [5, 5.41) is 0. The van der Waals surface area contributed by atoms with Crippen LogP contribution >= 0.6 is 0 Å². The summed E-state index contributed by atoms with van der Waals surface area (Å²) >= 11 is 0. The minimum atomic E-state index is -0.302. The van der Waals surface area contributed by atoms with Crippen molar-refractivity contribution in [2.75, 3.05) is 13.7 Å². The van der Waals surface area contributed by atoms with Gasteiger partial charge >= 0.3 is 5.97 Å². The lowest BCUT2D eigenvalue weighted by molar-refractivity contribution is -0.145. The summed E-state index contributed by atoms with van der Waals surface area (Å²) in [6.07, 6.45) is 0.699. The predicted octanol–water partition coefficient (Wildman–Crippen LogP) is 1.76. The molecule has 0 radical (unpaired) electrons. The molecular weight excluding hydrogens is 230 g/mol. The lowest BCUT2D eigenvalue weighted by atomic mass is 9.99. The number of hydrogen-bond donors (Lipinski definition) is 1. The molecule has 4 nitrogen and oxygen atoms in total. The van der Waals surface area contributed by atoms with Crippen LogP contribution < -0.4 is 10.5 Å². The zero-order chi connectivity index (χ0) is 13.5. The summed E-state index contributed by atoms with van der Waals surface area (Å²) < 4.78 is 10.3. The third-order valence-corrected chi connectivity index (χ3v) is 2.57. The Morgan fingerprint density at radius 2 is 2.11 bits per heavy atom. The third-order valence-electron chi connectivity index (χ3n) is 2.57. The van der Waals surface area contributed by atoms with E-state index in [9.17, 15) is 4.79 Å². The number of benzene rings is 1. The molecule has 100 valence electrons. The number of esters is 1.